The Bertz CT molecular complexity index is 783. The molecule has 2 fully saturated rings. The van der Waals surface area contributed by atoms with Crippen LogP contribution in [0.2, 0.25) is 0 Å². The van der Waals surface area contributed by atoms with Crippen molar-refractivity contribution in [3.63, 3.8) is 0 Å². The Kier molecular flexibility index (Phi) is 4.63. The summed E-state index contributed by atoms with van der Waals surface area (Å²) >= 11 is 0. The van der Waals surface area contributed by atoms with Gasteiger partial charge in [-0.3, -0.25) is 14.4 Å². The lowest BCUT2D eigenvalue weighted by molar-refractivity contribution is -0.158. The molecule has 1 aromatic rings. The number of benzene rings is 1. The number of fused-ring (bicyclic) bond motifs is 1. The zero-order valence-electron chi connectivity index (χ0n) is 15.7. The summed E-state index contributed by atoms with van der Waals surface area (Å²) in [5, 5.41) is 5.62. The van der Waals surface area contributed by atoms with E-state index in [1.807, 2.05) is 6.07 Å². The number of hydrogen-bond donors (Lipinski definition) is 2. The van der Waals surface area contributed by atoms with Crippen LogP contribution in [0.5, 0.6) is 0 Å². The Balaban J connectivity index is 1.43. The lowest BCUT2D eigenvalue weighted by atomic mass is 9.76. The summed E-state index contributed by atoms with van der Waals surface area (Å²) in [6.45, 7) is 2.58. The van der Waals surface area contributed by atoms with Crippen molar-refractivity contribution in [2.45, 2.75) is 44.1 Å². The van der Waals surface area contributed by atoms with Crippen molar-refractivity contribution >= 4 is 29.1 Å². The van der Waals surface area contributed by atoms with Gasteiger partial charge in [-0.2, -0.15) is 0 Å². The largest absolute Gasteiger partial charge is 0.329 e. The molecule has 2 N–H and O–H groups in total. The van der Waals surface area contributed by atoms with Crippen LogP contribution in [0.3, 0.4) is 0 Å². The molecule has 2 saturated heterocycles. The van der Waals surface area contributed by atoms with E-state index in [0.29, 0.717) is 18.7 Å². The van der Waals surface area contributed by atoms with E-state index in [0.717, 1.165) is 56.4 Å². The van der Waals surface area contributed by atoms with Crippen LogP contribution in [0.1, 0.15) is 37.7 Å². The molecule has 3 aliphatic heterocycles. The standard InChI is InChI=1S/C20H26N4O3/c1-23-10-7-20(8-11-23)9-12-24(20)19(27)18(26)21-15-5-6-16-14(13-15)3-2-4-17(25)22-16/h5-6,13H,2-4,7-12H2,1H3,(H,21,26)(H,22,25). The second kappa shape index (κ2) is 6.96. The third kappa shape index (κ3) is 3.43. The second-order valence-corrected chi connectivity index (χ2v) is 7.96. The van der Waals surface area contributed by atoms with Gasteiger partial charge >= 0.3 is 11.8 Å². The average molecular weight is 370 g/mol. The number of likely N-dealkylation sites (tertiary alicyclic amines) is 2. The molecule has 0 unspecified atom stereocenters. The fourth-order valence-electron chi connectivity index (χ4n) is 4.37. The van der Waals surface area contributed by atoms with Crippen LogP contribution in [0.25, 0.3) is 0 Å². The van der Waals surface area contributed by atoms with E-state index in [-0.39, 0.29) is 11.4 Å². The second-order valence-electron chi connectivity index (χ2n) is 7.96. The molecule has 4 rings (SSSR count). The Morgan fingerprint density at radius 1 is 1.11 bits per heavy atom. The van der Waals surface area contributed by atoms with Gasteiger partial charge in [-0.1, -0.05) is 0 Å². The van der Waals surface area contributed by atoms with Crippen molar-refractivity contribution in [3.05, 3.63) is 23.8 Å². The van der Waals surface area contributed by atoms with E-state index in [2.05, 4.69) is 22.6 Å². The molecular weight excluding hydrogens is 344 g/mol. The first-order valence-electron chi connectivity index (χ1n) is 9.71. The quantitative estimate of drug-likeness (QED) is 0.736. The molecule has 0 aromatic heterocycles. The van der Waals surface area contributed by atoms with Gasteiger partial charge in [0.25, 0.3) is 0 Å². The molecule has 0 atom stereocenters. The molecular formula is C20H26N4O3. The van der Waals surface area contributed by atoms with Crippen molar-refractivity contribution in [3.8, 4) is 0 Å². The molecule has 27 heavy (non-hydrogen) atoms. The zero-order chi connectivity index (χ0) is 19.0. The fourth-order valence-corrected chi connectivity index (χ4v) is 4.37. The number of rotatable bonds is 1. The summed E-state index contributed by atoms with van der Waals surface area (Å²) < 4.78 is 0. The molecule has 0 saturated carbocycles. The van der Waals surface area contributed by atoms with Crippen LogP contribution in [0.15, 0.2) is 18.2 Å². The minimum absolute atomic E-state index is 0.0157. The zero-order valence-corrected chi connectivity index (χ0v) is 15.7. The molecule has 0 bridgehead atoms. The van der Waals surface area contributed by atoms with E-state index in [9.17, 15) is 14.4 Å². The van der Waals surface area contributed by atoms with Crippen LogP contribution in [0.4, 0.5) is 11.4 Å². The van der Waals surface area contributed by atoms with Crippen LogP contribution in [0, 0.1) is 0 Å². The van der Waals surface area contributed by atoms with Crippen LogP contribution in [-0.2, 0) is 20.8 Å². The van der Waals surface area contributed by atoms with Crippen molar-refractivity contribution in [2.75, 3.05) is 37.3 Å². The highest BCUT2D eigenvalue weighted by molar-refractivity contribution is 6.39. The number of aryl methyl sites for hydroxylation is 1. The van der Waals surface area contributed by atoms with Crippen LogP contribution in [-0.4, -0.2) is 59.7 Å². The lowest BCUT2D eigenvalue weighted by Crippen LogP contribution is -2.67. The maximum absolute atomic E-state index is 12.7. The Morgan fingerprint density at radius 2 is 1.85 bits per heavy atom. The van der Waals surface area contributed by atoms with Gasteiger partial charge in [0.1, 0.15) is 0 Å². The fraction of sp³-hybridized carbons (Fsp3) is 0.550. The Labute approximate surface area is 159 Å². The van der Waals surface area contributed by atoms with Gasteiger partial charge in [0.05, 0.1) is 0 Å². The molecule has 7 nitrogen and oxygen atoms in total. The minimum atomic E-state index is -0.578. The number of amides is 3. The normalized spacial score (nSPS) is 21.7. The molecule has 3 amide bonds. The van der Waals surface area contributed by atoms with E-state index >= 15 is 0 Å². The smallest absolute Gasteiger partial charge is 0.313 e. The number of anilines is 2. The maximum atomic E-state index is 12.7. The Hall–Kier alpha value is -2.41. The van der Waals surface area contributed by atoms with Gasteiger partial charge in [-0.15, -0.1) is 0 Å². The van der Waals surface area contributed by atoms with Crippen molar-refractivity contribution in [1.29, 1.82) is 0 Å². The predicted molar refractivity (Wildman–Crippen MR) is 102 cm³/mol. The first-order chi connectivity index (χ1) is 13.0. The topological polar surface area (TPSA) is 81.8 Å². The van der Waals surface area contributed by atoms with Crippen molar-refractivity contribution in [1.82, 2.24) is 9.80 Å². The predicted octanol–water partition coefficient (Wildman–Crippen LogP) is 1.60. The molecule has 144 valence electrons. The molecule has 3 heterocycles. The van der Waals surface area contributed by atoms with Gasteiger partial charge in [-0.05, 0) is 62.9 Å². The molecule has 7 heteroatoms. The van der Waals surface area contributed by atoms with E-state index in [1.54, 1.807) is 17.0 Å². The summed E-state index contributed by atoms with van der Waals surface area (Å²) in [7, 11) is 2.09. The number of hydrogen-bond acceptors (Lipinski definition) is 4. The van der Waals surface area contributed by atoms with Crippen molar-refractivity contribution in [2.24, 2.45) is 0 Å². The summed E-state index contributed by atoms with van der Waals surface area (Å²) in [6.07, 6.45) is 4.90. The SMILES string of the molecule is CN1CCC2(CC1)CCN2C(=O)C(=O)Nc1ccc2c(c1)CCCC(=O)N2. The molecule has 1 aromatic carbocycles. The number of piperidine rings is 1. The summed E-state index contributed by atoms with van der Waals surface area (Å²) in [5.41, 5.74) is 2.25. The third-order valence-electron chi connectivity index (χ3n) is 6.22. The van der Waals surface area contributed by atoms with E-state index in [1.165, 1.54) is 0 Å². The van der Waals surface area contributed by atoms with E-state index < -0.39 is 11.8 Å². The monoisotopic (exact) mass is 370 g/mol. The highest BCUT2D eigenvalue weighted by Crippen LogP contribution is 2.39. The van der Waals surface area contributed by atoms with Gasteiger partial charge in [0.15, 0.2) is 0 Å². The van der Waals surface area contributed by atoms with Gasteiger partial charge in [0.2, 0.25) is 5.91 Å². The summed E-state index contributed by atoms with van der Waals surface area (Å²) in [5.74, 6) is -0.999. The van der Waals surface area contributed by atoms with E-state index in [4.69, 9.17) is 0 Å². The van der Waals surface area contributed by atoms with Gasteiger partial charge < -0.3 is 20.4 Å². The molecule has 0 aliphatic carbocycles. The average Bonchev–Trinajstić information content (AvgIpc) is 2.81. The number of carbonyl (C=O) groups excluding carboxylic acids is 3. The van der Waals surface area contributed by atoms with Gasteiger partial charge in [-0.25, -0.2) is 0 Å². The summed E-state index contributed by atoms with van der Waals surface area (Å²) in [4.78, 5) is 40.9. The Morgan fingerprint density at radius 3 is 2.56 bits per heavy atom. The highest BCUT2D eigenvalue weighted by Gasteiger charge is 2.49. The minimum Gasteiger partial charge on any atom is -0.329 e. The number of nitrogens with zero attached hydrogens (tertiary/aromatic N) is 2. The lowest BCUT2D eigenvalue weighted by Gasteiger charge is -2.55. The van der Waals surface area contributed by atoms with Crippen LogP contribution >= 0.6 is 0 Å². The third-order valence-corrected chi connectivity index (χ3v) is 6.22. The van der Waals surface area contributed by atoms with Crippen LogP contribution < -0.4 is 10.6 Å². The number of carbonyl (C=O) groups is 3. The van der Waals surface area contributed by atoms with Crippen molar-refractivity contribution < 1.29 is 14.4 Å². The van der Waals surface area contributed by atoms with Gasteiger partial charge in [0, 0.05) is 43.0 Å². The highest BCUT2D eigenvalue weighted by atomic mass is 16.2. The molecule has 0 radical (unpaired) electrons. The first-order valence-corrected chi connectivity index (χ1v) is 9.71. The maximum Gasteiger partial charge on any atom is 0.313 e. The number of nitrogens with one attached hydrogen (secondary N) is 2. The molecule has 3 aliphatic rings. The first kappa shape index (κ1) is 18.0. The molecule has 1 spiro atoms. The summed E-state index contributed by atoms with van der Waals surface area (Å²) in [6, 6.07) is 5.38.